The molecule has 90 valence electrons. The van der Waals surface area contributed by atoms with Gasteiger partial charge in [-0.25, -0.2) is 0 Å². The van der Waals surface area contributed by atoms with Crippen LogP contribution in [0.2, 0.25) is 0 Å². The van der Waals surface area contributed by atoms with Crippen LogP contribution in [0.5, 0.6) is 0 Å². The third kappa shape index (κ3) is 6.35. The van der Waals surface area contributed by atoms with Crippen LogP contribution in [0.4, 0.5) is 0 Å². The first-order chi connectivity index (χ1) is 7.32. The first-order valence-corrected chi connectivity index (χ1v) is 4.35. The van der Waals surface area contributed by atoms with Crippen LogP contribution in [0.1, 0.15) is 6.92 Å². The van der Waals surface area contributed by atoms with Crippen LogP contribution in [-0.4, -0.2) is 53.3 Å². The average molecular weight is 231 g/mol. The molecule has 0 bridgehead atoms. The zero-order valence-electron chi connectivity index (χ0n) is 8.73. The van der Waals surface area contributed by atoms with Crippen LogP contribution < -0.4 is 11.1 Å². The molecule has 0 aliphatic carbocycles. The fourth-order valence-corrected chi connectivity index (χ4v) is 0.896. The number of nitrogens with two attached hydrogens (primary N) is 1. The molecule has 0 rings (SSSR count). The number of carbonyl (C=O) groups is 4. The van der Waals surface area contributed by atoms with E-state index in [0.29, 0.717) is 0 Å². The normalized spacial score (nSPS) is 9.31. The molecule has 0 unspecified atom stereocenters. The van der Waals surface area contributed by atoms with E-state index < -0.39 is 36.8 Å². The Labute approximate surface area is 91.4 Å². The predicted octanol–water partition coefficient (Wildman–Crippen LogP) is -2.48. The minimum absolute atomic E-state index is 0.365. The molecule has 3 amide bonds. The lowest BCUT2D eigenvalue weighted by molar-refractivity contribution is -0.145. The Hall–Kier alpha value is -2.12. The van der Waals surface area contributed by atoms with Gasteiger partial charge in [0.1, 0.15) is 6.54 Å². The monoisotopic (exact) mass is 231 g/mol. The van der Waals surface area contributed by atoms with E-state index in [2.05, 4.69) is 5.32 Å². The second-order valence-electron chi connectivity index (χ2n) is 3.02. The number of hydrogen-bond acceptors (Lipinski definition) is 4. The van der Waals surface area contributed by atoms with Gasteiger partial charge in [0, 0.05) is 6.92 Å². The van der Waals surface area contributed by atoms with Gasteiger partial charge in [0.15, 0.2) is 0 Å². The van der Waals surface area contributed by atoms with Crippen molar-refractivity contribution in [3.63, 3.8) is 0 Å². The molecule has 0 saturated carbocycles. The van der Waals surface area contributed by atoms with Crippen LogP contribution in [0, 0.1) is 0 Å². The fourth-order valence-electron chi connectivity index (χ4n) is 0.896. The van der Waals surface area contributed by atoms with Crippen molar-refractivity contribution in [2.75, 3.05) is 19.6 Å². The van der Waals surface area contributed by atoms with E-state index >= 15 is 0 Å². The minimum atomic E-state index is -1.27. The topological polar surface area (TPSA) is 130 Å². The minimum Gasteiger partial charge on any atom is -0.480 e. The Balaban J connectivity index is 4.36. The van der Waals surface area contributed by atoms with Crippen LogP contribution in [0.25, 0.3) is 0 Å². The molecule has 0 aromatic rings. The summed E-state index contributed by atoms with van der Waals surface area (Å²) >= 11 is 0. The lowest BCUT2D eigenvalue weighted by Gasteiger charge is -2.18. The van der Waals surface area contributed by atoms with Gasteiger partial charge >= 0.3 is 5.97 Å². The van der Waals surface area contributed by atoms with Crippen molar-refractivity contribution in [1.82, 2.24) is 10.2 Å². The summed E-state index contributed by atoms with van der Waals surface area (Å²) < 4.78 is 0. The van der Waals surface area contributed by atoms with E-state index in [1.54, 1.807) is 0 Å². The Morgan fingerprint density at radius 3 is 2.19 bits per heavy atom. The third-order valence-corrected chi connectivity index (χ3v) is 1.51. The molecule has 0 aliphatic heterocycles. The van der Waals surface area contributed by atoms with Crippen molar-refractivity contribution in [2.45, 2.75) is 6.92 Å². The molecule has 0 spiro atoms. The molecule has 0 heterocycles. The second kappa shape index (κ2) is 6.38. The quantitative estimate of drug-likeness (QED) is 0.466. The van der Waals surface area contributed by atoms with E-state index in [1.165, 1.54) is 6.92 Å². The van der Waals surface area contributed by atoms with Crippen molar-refractivity contribution in [3.8, 4) is 0 Å². The van der Waals surface area contributed by atoms with E-state index in [-0.39, 0.29) is 6.54 Å². The summed E-state index contributed by atoms with van der Waals surface area (Å²) in [6.45, 7) is -0.287. The summed E-state index contributed by atoms with van der Waals surface area (Å²) in [4.78, 5) is 43.6. The smallest absolute Gasteiger partial charge is 0.323 e. The number of rotatable bonds is 6. The molecule has 0 atom stereocenters. The Morgan fingerprint density at radius 2 is 1.81 bits per heavy atom. The van der Waals surface area contributed by atoms with Gasteiger partial charge in [-0.3, -0.25) is 19.2 Å². The van der Waals surface area contributed by atoms with E-state index in [4.69, 9.17) is 10.8 Å². The predicted molar refractivity (Wildman–Crippen MR) is 52.1 cm³/mol. The summed E-state index contributed by atoms with van der Waals surface area (Å²) in [5.41, 5.74) is 4.85. The lowest BCUT2D eigenvalue weighted by atomic mass is 10.4. The molecule has 4 N–H and O–H groups in total. The van der Waals surface area contributed by atoms with Crippen LogP contribution in [0.15, 0.2) is 0 Å². The van der Waals surface area contributed by atoms with Crippen LogP contribution >= 0.6 is 0 Å². The van der Waals surface area contributed by atoms with Gasteiger partial charge in [0.2, 0.25) is 17.7 Å². The van der Waals surface area contributed by atoms with Gasteiger partial charge in [-0.15, -0.1) is 0 Å². The van der Waals surface area contributed by atoms with Gasteiger partial charge in [-0.2, -0.15) is 0 Å². The Morgan fingerprint density at radius 1 is 1.25 bits per heavy atom. The highest BCUT2D eigenvalue weighted by Gasteiger charge is 2.18. The summed E-state index contributed by atoms with van der Waals surface area (Å²) in [6, 6.07) is 0. The number of nitrogens with zero attached hydrogens (tertiary/aromatic N) is 1. The third-order valence-electron chi connectivity index (χ3n) is 1.51. The number of carbonyl (C=O) groups excluding carboxylic acids is 3. The van der Waals surface area contributed by atoms with Crippen LogP contribution in [-0.2, 0) is 19.2 Å². The SMILES string of the molecule is CC(=O)NCC(=O)N(CC(N)=O)CC(=O)O. The number of aliphatic carboxylic acids is 1. The summed E-state index contributed by atoms with van der Waals surface area (Å²) in [5, 5.41) is 10.7. The average Bonchev–Trinajstić information content (AvgIpc) is 2.11. The van der Waals surface area contributed by atoms with Crippen molar-refractivity contribution in [1.29, 1.82) is 0 Å². The van der Waals surface area contributed by atoms with Crippen molar-refractivity contribution in [2.24, 2.45) is 5.73 Å². The number of nitrogens with one attached hydrogen (secondary N) is 1. The molecule has 0 aromatic heterocycles. The zero-order valence-corrected chi connectivity index (χ0v) is 8.73. The summed E-state index contributed by atoms with van der Waals surface area (Å²) in [7, 11) is 0. The van der Waals surface area contributed by atoms with Crippen molar-refractivity contribution >= 4 is 23.7 Å². The molecule has 0 radical (unpaired) electrons. The number of carboxylic acids is 1. The highest BCUT2D eigenvalue weighted by atomic mass is 16.4. The first kappa shape index (κ1) is 13.9. The maximum Gasteiger partial charge on any atom is 0.323 e. The van der Waals surface area contributed by atoms with Crippen molar-refractivity contribution < 1.29 is 24.3 Å². The maximum absolute atomic E-state index is 11.4. The summed E-state index contributed by atoms with van der Waals surface area (Å²) in [6.07, 6.45) is 0. The molecular formula is C8H13N3O5. The van der Waals surface area contributed by atoms with E-state index in [0.717, 1.165) is 4.90 Å². The molecule has 0 fully saturated rings. The standard InChI is InChI=1S/C8H13N3O5/c1-5(12)10-2-7(14)11(3-6(9)13)4-8(15)16/h2-4H2,1H3,(H2,9,13)(H,10,12)(H,15,16). The van der Waals surface area contributed by atoms with Gasteiger partial charge in [-0.05, 0) is 0 Å². The number of carboxylic acid groups (broad SMARTS) is 1. The highest BCUT2D eigenvalue weighted by Crippen LogP contribution is 1.89. The number of primary amides is 1. The second-order valence-corrected chi connectivity index (χ2v) is 3.02. The molecular weight excluding hydrogens is 218 g/mol. The highest BCUT2D eigenvalue weighted by molar-refractivity contribution is 5.89. The van der Waals surface area contributed by atoms with Crippen LogP contribution in [0.3, 0.4) is 0 Å². The largest absolute Gasteiger partial charge is 0.480 e. The van der Waals surface area contributed by atoms with Gasteiger partial charge in [0.05, 0.1) is 13.1 Å². The van der Waals surface area contributed by atoms with Gasteiger partial charge in [-0.1, -0.05) is 0 Å². The molecule has 8 nitrogen and oxygen atoms in total. The number of amides is 3. The van der Waals surface area contributed by atoms with Crippen molar-refractivity contribution in [3.05, 3.63) is 0 Å². The number of hydrogen-bond donors (Lipinski definition) is 3. The first-order valence-electron chi connectivity index (χ1n) is 4.35. The molecule has 16 heavy (non-hydrogen) atoms. The lowest BCUT2D eigenvalue weighted by Crippen LogP contribution is -2.45. The Kier molecular flexibility index (Phi) is 5.53. The summed E-state index contributed by atoms with van der Waals surface area (Å²) in [5.74, 6) is -3.20. The zero-order chi connectivity index (χ0) is 12.7. The molecule has 0 aromatic carbocycles. The van der Waals surface area contributed by atoms with E-state index in [1.807, 2.05) is 0 Å². The van der Waals surface area contributed by atoms with E-state index in [9.17, 15) is 19.2 Å². The molecule has 8 heteroatoms. The van der Waals surface area contributed by atoms with Gasteiger partial charge in [0.25, 0.3) is 0 Å². The fraction of sp³-hybridized carbons (Fsp3) is 0.500. The van der Waals surface area contributed by atoms with Gasteiger partial charge < -0.3 is 21.1 Å². The maximum atomic E-state index is 11.4. The molecule has 0 aliphatic rings. The Bertz CT molecular complexity index is 299. The molecule has 0 saturated heterocycles.